The van der Waals surface area contributed by atoms with Crippen LogP contribution in [0.5, 0.6) is 5.75 Å². The molecule has 0 aliphatic carbocycles. The first kappa shape index (κ1) is 11.8. The Labute approximate surface area is 89.6 Å². The van der Waals surface area contributed by atoms with Crippen LogP contribution in [0.25, 0.3) is 0 Å². The van der Waals surface area contributed by atoms with Crippen molar-refractivity contribution in [2.24, 2.45) is 0 Å². The highest BCUT2D eigenvalue weighted by Gasteiger charge is 2.34. The van der Waals surface area contributed by atoms with Gasteiger partial charge in [-0.3, -0.25) is 10.1 Å². The van der Waals surface area contributed by atoms with Crippen LogP contribution >= 0.6 is 15.9 Å². The van der Waals surface area contributed by atoms with Crippen LogP contribution in [0, 0.1) is 10.1 Å². The standard InChI is InChI=1S/C7H3BrF3NO3/c8-4-1-3(7(9,10)11)2-5(13)6(4)12(14)15/h1-2,13H. The predicted molar refractivity (Wildman–Crippen MR) is 47.5 cm³/mol. The van der Waals surface area contributed by atoms with Gasteiger partial charge in [0, 0.05) is 0 Å². The summed E-state index contributed by atoms with van der Waals surface area (Å²) in [6.45, 7) is 0. The maximum absolute atomic E-state index is 12.2. The summed E-state index contributed by atoms with van der Waals surface area (Å²) in [6.07, 6.45) is -4.66. The lowest BCUT2D eigenvalue weighted by Gasteiger charge is -2.07. The molecule has 0 atom stereocenters. The highest BCUT2D eigenvalue weighted by molar-refractivity contribution is 9.10. The van der Waals surface area contributed by atoms with Crippen molar-refractivity contribution in [1.82, 2.24) is 0 Å². The molecular formula is C7H3BrF3NO3. The Morgan fingerprint density at radius 3 is 2.27 bits per heavy atom. The van der Waals surface area contributed by atoms with Gasteiger partial charge in [0.25, 0.3) is 0 Å². The third-order valence-corrected chi connectivity index (χ3v) is 2.16. The number of phenols is 1. The minimum Gasteiger partial charge on any atom is -0.502 e. The zero-order chi connectivity index (χ0) is 11.8. The maximum atomic E-state index is 12.2. The quantitative estimate of drug-likeness (QED) is 0.637. The van der Waals surface area contributed by atoms with Gasteiger partial charge in [-0.25, -0.2) is 0 Å². The van der Waals surface area contributed by atoms with Crippen LogP contribution in [-0.4, -0.2) is 10.0 Å². The summed E-state index contributed by atoms with van der Waals surface area (Å²) >= 11 is 2.59. The van der Waals surface area contributed by atoms with E-state index < -0.39 is 32.6 Å². The van der Waals surface area contributed by atoms with Gasteiger partial charge in [-0.1, -0.05) is 0 Å². The van der Waals surface area contributed by atoms with Gasteiger partial charge in [0.2, 0.25) is 0 Å². The molecule has 1 N–H and O–H groups in total. The fourth-order valence-electron chi connectivity index (χ4n) is 0.929. The lowest BCUT2D eigenvalue weighted by molar-refractivity contribution is -0.386. The molecule has 0 unspecified atom stereocenters. The SMILES string of the molecule is O=[N+]([O-])c1c(O)cc(C(F)(F)F)cc1Br. The number of hydrogen-bond acceptors (Lipinski definition) is 3. The van der Waals surface area contributed by atoms with Crippen LogP contribution < -0.4 is 0 Å². The minimum atomic E-state index is -4.66. The lowest BCUT2D eigenvalue weighted by atomic mass is 10.2. The Morgan fingerprint density at radius 2 is 1.93 bits per heavy atom. The smallest absolute Gasteiger partial charge is 0.416 e. The summed E-state index contributed by atoms with van der Waals surface area (Å²) in [4.78, 5) is 9.37. The number of halogens is 4. The molecule has 1 aromatic carbocycles. The molecule has 0 radical (unpaired) electrons. The van der Waals surface area contributed by atoms with Crippen molar-refractivity contribution in [1.29, 1.82) is 0 Å². The first-order valence-electron chi connectivity index (χ1n) is 3.47. The van der Waals surface area contributed by atoms with E-state index >= 15 is 0 Å². The highest BCUT2D eigenvalue weighted by atomic mass is 79.9. The molecule has 0 aliphatic rings. The molecule has 1 rings (SSSR count). The van der Waals surface area contributed by atoms with Crippen molar-refractivity contribution in [2.45, 2.75) is 6.18 Å². The zero-order valence-electron chi connectivity index (χ0n) is 6.88. The summed E-state index contributed by atoms with van der Waals surface area (Å²) < 4.78 is 36.1. The van der Waals surface area contributed by atoms with Crippen molar-refractivity contribution < 1.29 is 23.2 Å². The number of nitro benzene ring substituents is 1. The molecule has 4 nitrogen and oxygen atoms in total. The molecule has 1 aromatic rings. The van der Waals surface area contributed by atoms with Crippen LogP contribution in [0.15, 0.2) is 16.6 Å². The zero-order valence-corrected chi connectivity index (χ0v) is 8.46. The average Bonchev–Trinajstić information content (AvgIpc) is 1.99. The summed E-state index contributed by atoms with van der Waals surface area (Å²) in [7, 11) is 0. The summed E-state index contributed by atoms with van der Waals surface area (Å²) in [5.74, 6) is -1.03. The molecule has 0 amide bonds. The molecule has 0 aliphatic heterocycles. The van der Waals surface area contributed by atoms with E-state index in [0.717, 1.165) is 0 Å². The van der Waals surface area contributed by atoms with E-state index in [1.165, 1.54) is 0 Å². The molecule has 0 bridgehead atoms. The second-order valence-corrected chi connectivity index (χ2v) is 3.44. The van der Waals surface area contributed by atoms with Gasteiger partial charge in [0.05, 0.1) is 15.0 Å². The topological polar surface area (TPSA) is 63.4 Å². The van der Waals surface area contributed by atoms with Crippen LogP contribution in [0.2, 0.25) is 0 Å². The first-order chi connectivity index (χ1) is 6.73. The molecule has 15 heavy (non-hydrogen) atoms. The van der Waals surface area contributed by atoms with Crippen molar-refractivity contribution in [3.05, 3.63) is 32.3 Å². The molecule has 8 heteroatoms. The number of aromatic hydroxyl groups is 1. The van der Waals surface area contributed by atoms with Gasteiger partial charge < -0.3 is 5.11 Å². The second-order valence-electron chi connectivity index (χ2n) is 2.58. The minimum absolute atomic E-state index is 0.308. The Kier molecular flexibility index (Phi) is 2.89. The van der Waals surface area contributed by atoms with Gasteiger partial charge in [0.1, 0.15) is 0 Å². The van der Waals surface area contributed by atoms with Crippen LogP contribution in [0.1, 0.15) is 5.56 Å². The van der Waals surface area contributed by atoms with E-state index in [1.54, 1.807) is 0 Å². The van der Waals surface area contributed by atoms with Crippen LogP contribution in [0.3, 0.4) is 0 Å². The highest BCUT2D eigenvalue weighted by Crippen LogP contribution is 2.40. The average molecular weight is 286 g/mol. The van der Waals surface area contributed by atoms with Crippen molar-refractivity contribution in [3.8, 4) is 5.75 Å². The van der Waals surface area contributed by atoms with E-state index in [0.29, 0.717) is 12.1 Å². The van der Waals surface area contributed by atoms with Crippen LogP contribution in [0.4, 0.5) is 18.9 Å². The molecule has 0 saturated heterocycles. The van der Waals surface area contributed by atoms with Gasteiger partial charge in [-0.15, -0.1) is 0 Å². The lowest BCUT2D eigenvalue weighted by Crippen LogP contribution is -2.05. The van der Waals surface area contributed by atoms with Gasteiger partial charge in [-0.05, 0) is 28.1 Å². The number of alkyl halides is 3. The number of rotatable bonds is 1. The van der Waals surface area contributed by atoms with E-state index in [2.05, 4.69) is 15.9 Å². The Balaban J connectivity index is 3.39. The van der Waals surface area contributed by atoms with E-state index in [-0.39, 0.29) is 0 Å². The van der Waals surface area contributed by atoms with E-state index in [4.69, 9.17) is 5.11 Å². The molecule has 0 spiro atoms. The molecule has 0 aromatic heterocycles. The summed E-state index contributed by atoms with van der Waals surface area (Å²) in [5, 5.41) is 19.4. The number of hydrogen-bond donors (Lipinski definition) is 1. The first-order valence-corrected chi connectivity index (χ1v) is 4.27. The van der Waals surface area contributed by atoms with Crippen molar-refractivity contribution in [3.63, 3.8) is 0 Å². The van der Waals surface area contributed by atoms with Crippen molar-refractivity contribution >= 4 is 21.6 Å². The number of benzene rings is 1. The molecule has 82 valence electrons. The van der Waals surface area contributed by atoms with E-state index in [1.807, 2.05) is 0 Å². The van der Waals surface area contributed by atoms with Gasteiger partial charge in [0.15, 0.2) is 5.75 Å². The number of nitro groups is 1. The second kappa shape index (κ2) is 3.69. The fourth-order valence-corrected chi connectivity index (χ4v) is 1.52. The third kappa shape index (κ3) is 2.38. The largest absolute Gasteiger partial charge is 0.502 e. The summed E-state index contributed by atoms with van der Waals surface area (Å²) in [5.41, 5.74) is -1.94. The fraction of sp³-hybridized carbons (Fsp3) is 0.143. The van der Waals surface area contributed by atoms with Crippen molar-refractivity contribution in [2.75, 3.05) is 0 Å². The Morgan fingerprint density at radius 1 is 1.40 bits per heavy atom. The van der Waals surface area contributed by atoms with Gasteiger partial charge in [-0.2, -0.15) is 13.2 Å². The van der Waals surface area contributed by atoms with E-state index in [9.17, 15) is 23.3 Å². The Hall–Kier alpha value is -1.31. The maximum Gasteiger partial charge on any atom is 0.416 e. The third-order valence-electron chi connectivity index (χ3n) is 1.55. The Bertz CT molecular complexity index is 395. The van der Waals surface area contributed by atoms with Crippen LogP contribution in [-0.2, 0) is 6.18 Å². The monoisotopic (exact) mass is 285 g/mol. The molecular weight excluding hydrogens is 283 g/mol. The van der Waals surface area contributed by atoms with Gasteiger partial charge >= 0.3 is 11.9 Å². The number of nitrogens with zero attached hydrogens (tertiary/aromatic N) is 1. The normalized spacial score (nSPS) is 11.5. The molecule has 0 fully saturated rings. The number of phenolic OH excluding ortho intramolecular Hbond substituents is 1. The predicted octanol–water partition coefficient (Wildman–Crippen LogP) is 3.08. The summed E-state index contributed by atoms with van der Waals surface area (Å²) in [6, 6.07) is 0.848. The molecule has 0 saturated carbocycles. The molecule has 0 heterocycles.